The molecule has 5 rings (SSSR count). The predicted molar refractivity (Wildman–Crippen MR) is 96.8 cm³/mol. The van der Waals surface area contributed by atoms with Crippen LogP contribution >= 0.6 is 0 Å². The van der Waals surface area contributed by atoms with Crippen molar-refractivity contribution in [2.75, 3.05) is 0 Å². The van der Waals surface area contributed by atoms with Crippen LogP contribution in [0.5, 0.6) is 0 Å². The summed E-state index contributed by atoms with van der Waals surface area (Å²) in [6, 6.07) is 12.0. The molecule has 2 aromatic carbocycles. The molecule has 4 aromatic rings. The molecule has 138 valence electrons. The van der Waals surface area contributed by atoms with Crippen LogP contribution in [0.1, 0.15) is 15.9 Å². The number of aromatic nitrogens is 2. The number of halogens is 3. The molecule has 0 saturated heterocycles. The average Bonchev–Trinajstić information content (AvgIpc) is 3.28. The summed E-state index contributed by atoms with van der Waals surface area (Å²) >= 11 is 0. The Morgan fingerprint density at radius 2 is 1.64 bits per heavy atom. The lowest BCUT2D eigenvalue weighted by Crippen LogP contribution is -2.20. The van der Waals surface area contributed by atoms with Gasteiger partial charge in [0, 0.05) is 17.1 Å². The first-order valence-electron chi connectivity index (χ1n) is 8.49. The van der Waals surface area contributed by atoms with Crippen molar-refractivity contribution in [1.29, 1.82) is 0 Å². The highest BCUT2D eigenvalue weighted by atomic mass is 19.2. The highest BCUT2D eigenvalue weighted by Crippen LogP contribution is 2.34. The molecule has 0 radical (unpaired) electrons. The first-order chi connectivity index (χ1) is 13.5. The number of nitrogens with zero attached hydrogens (tertiary/aromatic N) is 2. The SMILES string of the molecule is O=C1c2c(n(Cc3ccc(F)c(F)c3F)c3ccccc3c2=O)-c2cccn21. The third kappa shape index (κ3) is 2.07. The van der Waals surface area contributed by atoms with Gasteiger partial charge in [0.15, 0.2) is 17.5 Å². The lowest BCUT2D eigenvalue weighted by molar-refractivity contribution is 0.0968. The van der Waals surface area contributed by atoms with Crippen LogP contribution in [0.25, 0.3) is 22.3 Å². The second kappa shape index (κ2) is 5.69. The zero-order valence-corrected chi connectivity index (χ0v) is 14.2. The smallest absolute Gasteiger partial charge is 0.268 e. The van der Waals surface area contributed by atoms with Gasteiger partial charge in [0.05, 0.1) is 23.4 Å². The van der Waals surface area contributed by atoms with E-state index in [-0.39, 0.29) is 17.7 Å². The van der Waals surface area contributed by atoms with Crippen molar-refractivity contribution in [3.05, 3.63) is 93.5 Å². The van der Waals surface area contributed by atoms with Crippen molar-refractivity contribution in [2.24, 2.45) is 0 Å². The van der Waals surface area contributed by atoms with E-state index in [0.717, 1.165) is 12.1 Å². The van der Waals surface area contributed by atoms with E-state index in [1.54, 1.807) is 47.2 Å². The van der Waals surface area contributed by atoms with E-state index in [4.69, 9.17) is 0 Å². The van der Waals surface area contributed by atoms with Crippen LogP contribution in [-0.2, 0) is 6.54 Å². The number of fused-ring (bicyclic) bond motifs is 4. The second-order valence-corrected chi connectivity index (χ2v) is 6.56. The third-order valence-corrected chi connectivity index (χ3v) is 5.04. The van der Waals surface area contributed by atoms with E-state index >= 15 is 0 Å². The van der Waals surface area contributed by atoms with Gasteiger partial charge in [-0.1, -0.05) is 18.2 Å². The van der Waals surface area contributed by atoms with Gasteiger partial charge in [-0.15, -0.1) is 0 Å². The molecule has 28 heavy (non-hydrogen) atoms. The Labute approximate surface area is 156 Å². The second-order valence-electron chi connectivity index (χ2n) is 6.56. The summed E-state index contributed by atoms with van der Waals surface area (Å²) in [4.78, 5) is 25.7. The zero-order chi connectivity index (χ0) is 19.6. The minimum absolute atomic E-state index is 0.0164. The number of carbonyl (C=O) groups excluding carboxylic acids is 1. The monoisotopic (exact) mass is 380 g/mol. The van der Waals surface area contributed by atoms with Gasteiger partial charge in [-0.25, -0.2) is 13.2 Å². The number of pyridine rings is 1. The van der Waals surface area contributed by atoms with E-state index in [1.807, 2.05) is 0 Å². The predicted octanol–water partition coefficient (Wildman–Crippen LogP) is 3.94. The van der Waals surface area contributed by atoms with Gasteiger partial charge in [0.2, 0.25) is 5.43 Å². The van der Waals surface area contributed by atoms with Crippen LogP contribution in [-0.4, -0.2) is 15.0 Å². The molecule has 0 bridgehead atoms. The lowest BCUT2D eigenvalue weighted by atomic mass is 10.1. The van der Waals surface area contributed by atoms with Crippen LogP contribution in [0.4, 0.5) is 13.2 Å². The topological polar surface area (TPSA) is 44.0 Å². The average molecular weight is 380 g/mol. The van der Waals surface area contributed by atoms with Crippen molar-refractivity contribution in [3.63, 3.8) is 0 Å². The first-order valence-corrected chi connectivity index (χ1v) is 8.49. The van der Waals surface area contributed by atoms with Crippen LogP contribution in [0.2, 0.25) is 0 Å². The molecule has 0 aliphatic carbocycles. The number of carbonyl (C=O) groups is 1. The molecule has 3 heterocycles. The summed E-state index contributed by atoms with van der Waals surface area (Å²) in [7, 11) is 0. The summed E-state index contributed by atoms with van der Waals surface area (Å²) in [6.07, 6.45) is 1.55. The quantitative estimate of drug-likeness (QED) is 0.436. The standard InChI is InChI=1S/C21H11F3N2O2/c22-13-8-7-11(17(23)18(13)24)10-26-14-5-2-1-4-12(14)20(27)16-19(26)15-6-3-9-25(15)21(16)28/h1-9H,10H2. The van der Waals surface area contributed by atoms with E-state index in [1.165, 1.54) is 4.57 Å². The lowest BCUT2D eigenvalue weighted by Gasteiger charge is -2.17. The summed E-state index contributed by atoms with van der Waals surface area (Å²) in [5, 5.41) is 0.295. The summed E-state index contributed by atoms with van der Waals surface area (Å²) < 4.78 is 44.3. The normalized spacial score (nSPS) is 12.5. The number of hydrogen-bond acceptors (Lipinski definition) is 2. The molecule has 0 N–H and O–H groups in total. The molecule has 1 aliphatic heterocycles. The van der Waals surface area contributed by atoms with E-state index in [2.05, 4.69) is 0 Å². The number of hydrogen-bond donors (Lipinski definition) is 0. The Morgan fingerprint density at radius 3 is 2.46 bits per heavy atom. The van der Waals surface area contributed by atoms with Gasteiger partial charge in [-0.05, 0) is 30.3 Å². The molecule has 0 amide bonds. The maximum atomic E-state index is 14.3. The summed E-state index contributed by atoms with van der Waals surface area (Å²) in [5.41, 5.74) is 0.775. The van der Waals surface area contributed by atoms with Crippen LogP contribution in [0.3, 0.4) is 0 Å². The summed E-state index contributed by atoms with van der Waals surface area (Å²) in [6.45, 7) is -0.176. The maximum absolute atomic E-state index is 14.3. The van der Waals surface area contributed by atoms with Crippen LogP contribution < -0.4 is 5.43 Å². The highest BCUT2D eigenvalue weighted by molar-refractivity contribution is 6.10. The fourth-order valence-corrected chi connectivity index (χ4v) is 3.76. The van der Waals surface area contributed by atoms with Gasteiger partial charge in [-0.2, -0.15) is 0 Å². The highest BCUT2D eigenvalue weighted by Gasteiger charge is 2.33. The molecular weight excluding hydrogens is 369 g/mol. The zero-order valence-electron chi connectivity index (χ0n) is 14.2. The molecule has 1 aliphatic rings. The Kier molecular flexibility index (Phi) is 3.37. The van der Waals surface area contributed by atoms with Crippen LogP contribution in [0.15, 0.2) is 59.5 Å². The Balaban J connectivity index is 1.87. The number of benzene rings is 2. The maximum Gasteiger partial charge on any atom is 0.268 e. The molecule has 7 heteroatoms. The fraction of sp³-hybridized carbons (Fsp3) is 0.0476. The largest absolute Gasteiger partial charge is 0.334 e. The van der Waals surface area contributed by atoms with Gasteiger partial charge < -0.3 is 4.57 Å². The fourth-order valence-electron chi connectivity index (χ4n) is 3.76. The first kappa shape index (κ1) is 16.6. The van der Waals surface area contributed by atoms with E-state index < -0.39 is 28.8 Å². The third-order valence-electron chi connectivity index (χ3n) is 5.04. The van der Waals surface area contributed by atoms with E-state index in [0.29, 0.717) is 22.3 Å². The van der Waals surface area contributed by atoms with Crippen molar-refractivity contribution in [3.8, 4) is 11.4 Å². The number of para-hydroxylation sites is 1. The van der Waals surface area contributed by atoms with E-state index in [9.17, 15) is 22.8 Å². The molecule has 0 unspecified atom stereocenters. The van der Waals surface area contributed by atoms with Gasteiger partial charge in [0.1, 0.15) is 5.56 Å². The van der Waals surface area contributed by atoms with Crippen molar-refractivity contribution >= 4 is 16.8 Å². The Bertz CT molecular complexity index is 1370. The van der Waals surface area contributed by atoms with Gasteiger partial charge >= 0.3 is 0 Å². The molecule has 0 spiro atoms. The van der Waals surface area contributed by atoms with Crippen molar-refractivity contribution in [2.45, 2.75) is 6.54 Å². The van der Waals surface area contributed by atoms with Gasteiger partial charge in [0.25, 0.3) is 5.91 Å². The molecule has 0 atom stereocenters. The van der Waals surface area contributed by atoms with Crippen molar-refractivity contribution in [1.82, 2.24) is 9.13 Å². The van der Waals surface area contributed by atoms with Crippen LogP contribution in [0, 0.1) is 17.5 Å². The minimum Gasteiger partial charge on any atom is -0.334 e. The molecular formula is C21H11F3N2O2. The molecule has 4 nitrogen and oxygen atoms in total. The van der Waals surface area contributed by atoms with Gasteiger partial charge in [-0.3, -0.25) is 14.2 Å². The Hall–Kier alpha value is -3.61. The number of rotatable bonds is 2. The molecule has 0 fully saturated rings. The molecule has 0 saturated carbocycles. The summed E-state index contributed by atoms with van der Waals surface area (Å²) in [5.74, 6) is -4.60. The Morgan fingerprint density at radius 1 is 0.857 bits per heavy atom. The minimum atomic E-state index is -1.56. The van der Waals surface area contributed by atoms with Crippen molar-refractivity contribution < 1.29 is 18.0 Å². The molecule has 2 aromatic heterocycles.